The van der Waals surface area contributed by atoms with Crippen LogP contribution < -0.4 is 4.90 Å². The van der Waals surface area contributed by atoms with E-state index in [0.29, 0.717) is 17.3 Å². The van der Waals surface area contributed by atoms with E-state index in [1.807, 2.05) is 0 Å². The molecule has 0 atom stereocenters. The molecule has 1 N–H and O–H groups in total. The van der Waals surface area contributed by atoms with Crippen molar-refractivity contribution >= 4 is 23.3 Å². The molecule has 0 aromatic heterocycles. The maximum Gasteiger partial charge on any atom is 0.337 e. The lowest BCUT2D eigenvalue weighted by Crippen LogP contribution is -2.19. The zero-order valence-corrected chi connectivity index (χ0v) is 11.6. The second-order valence-corrected chi connectivity index (χ2v) is 4.89. The van der Waals surface area contributed by atoms with Crippen molar-refractivity contribution < 1.29 is 14.3 Å². The van der Waals surface area contributed by atoms with Gasteiger partial charge in [-0.05, 0) is 35.9 Å². The Morgan fingerprint density at radius 1 is 1.30 bits per heavy atom. The first kappa shape index (κ1) is 14.3. The minimum absolute atomic E-state index is 0.122. The normalized spacial score (nSPS) is 10.3. The fraction of sp³-hybridized carbons (Fsp3) is 0.133. The molecule has 0 unspecified atom stereocenters. The van der Waals surface area contributed by atoms with Crippen LogP contribution in [-0.2, 0) is 6.54 Å². The van der Waals surface area contributed by atoms with Gasteiger partial charge >= 0.3 is 5.97 Å². The quantitative estimate of drug-likeness (QED) is 0.932. The standard InChI is InChI=1S/C15H13ClFNO2/c1-18(9-10-3-2-4-12(17)7-10)14-6-5-11(16)8-13(14)15(19)20/h2-8H,9H2,1H3,(H,19,20). The summed E-state index contributed by atoms with van der Waals surface area (Å²) in [5.74, 6) is -1.36. The summed E-state index contributed by atoms with van der Waals surface area (Å²) in [6.45, 7) is 0.402. The second kappa shape index (κ2) is 5.92. The molecule has 2 aromatic rings. The molecule has 0 bridgehead atoms. The van der Waals surface area contributed by atoms with Crippen LogP contribution in [0, 0.1) is 5.82 Å². The molecule has 0 saturated heterocycles. The molecule has 0 saturated carbocycles. The van der Waals surface area contributed by atoms with Crippen LogP contribution in [0.15, 0.2) is 42.5 Å². The van der Waals surface area contributed by atoms with E-state index >= 15 is 0 Å². The van der Waals surface area contributed by atoms with Crippen molar-refractivity contribution in [1.29, 1.82) is 0 Å². The third-order valence-corrected chi connectivity index (χ3v) is 3.14. The highest BCUT2D eigenvalue weighted by Gasteiger charge is 2.14. The third-order valence-electron chi connectivity index (χ3n) is 2.91. The van der Waals surface area contributed by atoms with Gasteiger partial charge in [-0.25, -0.2) is 9.18 Å². The van der Waals surface area contributed by atoms with Crippen molar-refractivity contribution in [1.82, 2.24) is 0 Å². The summed E-state index contributed by atoms with van der Waals surface area (Å²) in [5.41, 5.74) is 1.42. The van der Waals surface area contributed by atoms with Crippen LogP contribution in [0.4, 0.5) is 10.1 Å². The van der Waals surface area contributed by atoms with Gasteiger partial charge in [-0.3, -0.25) is 0 Å². The summed E-state index contributed by atoms with van der Waals surface area (Å²) in [7, 11) is 1.75. The highest BCUT2D eigenvalue weighted by Crippen LogP contribution is 2.25. The summed E-state index contributed by atoms with van der Waals surface area (Å²) in [6, 6.07) is 10.9. The number of hydrogen-bond donors (Lipinski definition) is 1. The highest BCUT2D eigenvalue weighted by atomic mass is 35.5. The van der Waals surface area contributed by atoms with Gasteiger partial charge in [-0.1, -0.05) is 23.7 Å². The Labute approximate surface area is 121 Å². The van der Waals surface area contributed by atoms with Gasteiger partial charge in [0.05, 0.1) is 11.3 Å². The van der Waals surface area contributed by atoms with E-state index in [4.69, 9.17) is 11.6 Å². The number of anilines is 1. The maximum atomic E-state index is 13.2. The van der Waals surface area contributed by atoms with Gasteiger partial charge in [0, 0.05) is 18.6 Å². The molecule has 0 heterocycles. The molecule has 104 valence electrons. The average Bonchev–Trinajstić information content (AvgIpc) is 2.38. The molecule has 2 aromatic carbocycles. The minimum atomic E-state index is -1.05. The zero-order chi connectivity index (χ0) is 14.7. The van der Waals surface area contributed by atoms with E-state index < -0.39 is 5.97 Å². The molecule has 0 radical (unpaired) electrons. The minimum Gasteiger partial charge on any atom is -0.478 e. The van der Waals surface area contributed by atoms with E-state index in [0.717, 1.165) is 5.56 Å². The summed E-state index contributed by atoms with van der Waals surface area (Å²) in [6.07, 6.45) is 0. The van der Waals surface area contributed by atoms with Gasteiger partial charge in [0.2, 0.25) is 0 Å². The smallest absolute Gasteiger partial charge is 0.337 e. The number of carbonyl (C=O) groups is 1. The van der Waals surface area contributed by atoms with E-state index in [-0.39, 0.29) is 11.4 Å². The molecule has 0 aliphatic heterocycles. The molecular weight excluding hydrogens is 281 g/mol. The Balaban J connectivity index is 2.29. The summed E-state index contributed by atoms with van der Waals surface area (Å²) in [5, 5.41) is 9.57. The van der Waals surface area contributed by atoms with Crippen molar-refractivity contribution in [2.24, 2.45) is 0 Å². The Morgan fingerprint density at radius 3 is 2.70 bits per heavy atom. The molecule has 20 heavy (non-hydrogen) atoms. The van der Waals surface area contributed by atoms with Crippen LogP contribution in [0.3, 0.4) is 0 Å². The van der Waals surface area contributed by atoms with Crippen LogP contribution in [0.25, 0.3) is 0 Å². The fourth-order valence-electron chi connectivity index (χ4n) is 2.01. The summed E-state index contributed by atoms with van der Waals surface area (Å²) in [4.78, 5) is 13.0. The number of nitrogens with zero attached hydrogens (tertiary/aromatic N) is 1. The second-order valence-electron chi connectivity index (χ2n) is 4.45. The van der Waals surface area contributed by atoms with Crippen molar-refractivity contribution in [3.8, 4) is 0 Å². The summed E-state index contributed by atoms with van der Waals surface area (Å²) >= 11 is 5.82. The molecule has 2 rings (SSSR count). The number of hydrogen-bond acceptors (Lipinski definition) is 2. The fourth-order valence-corrected chi connectivity index (χ4v) is 2.18. The van der Waals surface area contributed by atoms with E-state index in [9.17, 15) is 14.3 Å². The van der Waals surface area contributed by atoms with Crippen LogP contribution >= 0.6 is 11.6 Å². The van der Waals surface area contributed by atoms with Crippen LogP contribution in [0.5, 0.6) is 0 Å². The largest absolute Gasteiger partial charge is 0.478 e. The van der Waals surface area contributed by atoms with Gasteiger partial charge in [0.15, 0.2) is 0 Å². The maximum absolute atomic E-state index is 13.2. The van der Waals surface area contributed by atoms with Gasteiger partial charge in [0.1, 0.15) is 5.82 Å². The average molecular weight is 294 g/mol. The topological polar surface area (TPSA) is 40.5 Å². The molecule has 0 fully saturated rings. The Morgan fingerprint density at radius 2 is 2.05 bits per heavy atom. The van der Waals surface area contributed by atoms with Gasteiger partial charge in [-0.2, -0.15) is 0 Å². The first-order valence-electron chi connectivity index (χ1n) is 5.96. The number of carboxylic acid groups (broad SMARTS) is 1. The molecule has 5 heteroatoms. The van der Waals surface area contributed by atoms with E-state index in [1.165, 1.54) is 18.2 Å². The molecule has 0 aliphatic rings. The van der Waals surface area contributed by atoms with Gasteiger partial charge in [-0.15, -0.1) is 0 Å². The van der Waals surface area contributed by atoms with Crippen LogP contribution in [0.2, 0.25) is 5.02 Å². The first-order chi connectivity index (χ1) is 9.47. The number of benzene rings is 2. The lowest BCUT2D eigenvalue weighted by molar-refractivity contribution is 0.0697. The number of rotatable bonds is 4. The predicted molar refractivity (Wildman–Crippen MR) is 76.9 cm³/mol. The lowest BCUT2D eigenvalue weighted by Gasteiger charge is -2.21. The summed E-state index contributed by atoms with van der Waals surface area (Å²) < 4.78 is 13.2. The van der Waals surface area contributed by atoms with Crippen molar-refractivity contribution in [2.45, 2.75) is 6.54 Å². The van der Waals surface area contributed by atoms with E-state index in [1.54, 1.807) is 36.2 Å². The predicted octanol–water partition coefficient (Wildman–Crippen LogP) is 3.81. The number of halogens is 2. The van der Waals surface area contributed by atoms with Crippen LogP contribution in [-0.4, -0.2) is 18.1 Å². The molecule has 0 spiro atoms. The van der Waals surface area contributed by atoms with Gasteiger partial charge in [0.25, 0.3) is 0 Å². The lowest BCUT2D eigenvalue weighted by atomic mass is 10.1. The van der Waals surface area contributed by atoms with Crippen LogP contribution in [0.1, 0.15) is 15.9 Å². The molecule has 0 aliphatic carbocycles. The number of carboxylic acids is 1. The van der Waals surface area contributed by atoms with Crippen molar-refractivity contribution in [2.75, 3.05) is 11.9 Å². The Hall–Kier alpha value is -2.07. The SMILES string of the molecule is CN(Cc1cccc(F)c1)c1ccc(Cl)cc1C(=O)O. The highest BCUT2D eigenvalue weighted by molar-refractivity contribution is 6.31. The molecule has 0 amide bonds. The monoisotopic (exact) mass is 293 g/mol. The Bertz CT molecular complexity index is 646. The Kier molecular flexibility index (Phi) is 4.25. The number of aromatic carboxylic acids is 1. The molecular formula is C15H13ClFNO2. The van der Waals surface area contributed by atoms with Crippen molar-refractivity contribution in [3.63, 3.8) is 0 Å². The molecule has 3 nitrogen and oxygen atoms in total. The van der Waals surface area contributed by atoms with Crippen molar-refractivity contribution in [3.05, 3.63) is 64.4 Å². The van der Waals surface area contributed by atoms with E-state index in [2.05, 4.69) is 0 Å². The third kappa shape index (κ3) is 3.27. The zero-order valence-electron chi connectivity index (χ0n) is 10.8. The first-order valence-corrected chi connectivity index (χ1v) is 6.33. The van der Waals surface area contributed by atoms with Gasteiger partial charge < -0.3 is 10.0 Å².